The molecule has 3 aromatic rings. The van der Waals surface area contributed by atoms with Gasteiger partial charge in [-0.05, 0) is 49.3 Å². The fourth-order valence-electron chi connectivity index (χ4n) is 4.31. The van der Waals surface area contributed by atoms with Gasteiger partial charge in [0.2, 0.25) is 5.76 Å². The minimum atomic E-state index is -3.30. The zero-order chi connectivity index (χ0) is 27.8. The molecular weight excluding hydrogens is 548 g/mol. The topological polar surface area (TPSA) is 109 Å². The van der Waals surface area contributed by atoms with Gasteiger partial charge >= 0.3 is 35.5 Å². The Labute approximate surface area is 250 Å². The van der Waals surface area contributed by atoms with Crippen LogP contribution in [0.25, 0.3) is 11.5 Å². The first kappa shape index (κ1) is 31.4. The number of hydrogen-bond donors (Lipinski definition) is 0. The van der Waals surface area contributed by atoms with Gasteiger partial charge in [0, 0.05) is 46.8 Å². The van der Waals surface area contributed by atoms with Gasteiger partial charge in [-0.1, -0.05) is 48.8 Å². The van der Waals surface area contributed by atoms with E-state index in [1.165, 1.54) is 32.9 Å². The maximum absolute atomic E-state index is 14.8. The predicted octanol–water partition coefficient (Wildman–Crippen LogP) is 2.96. The monoisotopic (exact) mass is 574 g/mol. The first-order valence-corrected chi connectivity index (χ1v) is 12.7. The number of alkyl halides is 2. The number of aromatic nitrogens is 2. The average Bonchev–Trinajstić information content (AvgIpc) is 3.35. The summed E-state index contributed by atoms with van der Waals surface area (Å²) >= 11 is 6.06. The molecule has 39 heavy (non-hydrogen) atoms. The summed E-state index contributed by atoms with van der Waals surface area (Å²) in [5, 5.41) is 19.3. The molecule has 1 saturated carbocycles. The molecule has 0 N–H and O–H groups in total. The number of hydrogen-bond acceptors (Lipinski definition) is 7. The van der Waals surface area contributed by atoms with E-state index in [-0.39, 0.29) is 83.4 Å². The third-order valence-electron chi connectivity index (χ3n) is 6.70. The molecule has 0 saturated heterocycles. The number of halogens is 4. The normalized spacial score (nSPS) is 14.6. The molecule has 2 aromatic heterocycles. The molecule has 7 nitrogen and oxygen atoms in total. The van der Waals surface area contributed by atoms with Crippen LogP contribution in [0.2, 0.25) is 5.02 Å². The number of nitrogens with zero attached hydrogens (tertiary/aromatic N) is 2. The van der Waals surface area contributed by atoms with E-state index >= 15 is 0 Å². The molecule has 0 amide bonds. The van der Waals surface area contributed by atoms with Crippen LogP contribution in [0.1, 0.15) is 87.3 Å². The van der Waals surface area contributed by atoms with Gasteiger partial charge in [0.1, 0.15) is 11.6 Å². The smallest absolute Gasteiger partial charge is 0.550 e. The van der Waals surface area contributed by atoms with Crippen LogP contribution >= 0.6 is 11.6 Å². The number of ketones is 1. The van der Waals surface area contributed by atoms with E-state index in [9.17, 15) is 27.9 Å². The molecule has 1 fully saturated rings. The maximum atomic E-state index is 14.8. The van der Waals surface area contributed by atoms with Crippen LogP contribution < -0.4 is 34.7 Å². The Hall–Kier alpha value is -2.14. The second-order valence-corrected chi connectivity index (χ2v) is 11.2. The van der Waals surface area contributed by atoms with Crippen molar-refractivity contribution in [2.45, 2.75) is 77.1 Å². The van der Waals surface area contributed by atoms with Crippen LogP contribution in [0.15, 0.2) is 33.3 Å². The largest absolute Gasteiger partial charge is 1.00 e. The number of carboxylic acid groups (broad SMARTS) is 1. The van der Waals surface area contributed by atoms with E-state index in [1.54, 1.807) is 0 Å². The van der Waals surface area contributed by atoms with Crippen molar-refractivity contribution in [3.63, 3.8) is 0 Å². The number of carboxylic acids is 1. The van der Waals surface area contributed by atoms with E-state index in [4.69, 9.17) is 20.6 Å². The number of rotatable bonds is 11. The van der Waals surface area contributed by atoms with Gasteiger partial charge < -0.3 is 18.9 Å². The van der Waals surface area contributed by atoms with Crippen LogP contribution in [-0.4, -0.2) is 22.1 Å². The van der Waals surface area contributed by atoms with Gasteiger partial charge in [0.05, 0.1) is 5.69 Å². The SMILES string of the molecule is CC(C)(C)C(F)(F)c1cc(-c2onc([C@@H](CCC(=O)[O-])CC(=O)Cc3ccc(F)cc3Cl)c2C2CC2)no1.[Na+]. The molecule has 12 heteroatoms. The second kappa shape index (κ2) is 12.2. The molecule has 0 aliphatic heterocycles. The molecule has 0 radical (unpaired) electrons. The summed E-state index contributed by atoms with van der Waals surface area (Å²) in [6.45, 7) is 4.15. The zero-order valence-electron chi connectivity index (χ0n) is 22.2. The van der Waals surface area contributed by atoms with E-state index in [2.05, 4.69) is 10.3 Å². The first-order chi connectivity index (χ1) is 17.8. The summed E-state index contributed by atoms with van der Waals surface area (Å²) in [6.07, 6.45) is 1.13. The average molecular weight is 575 g/mol. The first-order valence-electron chi connectivity index (χ1n) is 12.3. The fourth-order valence-corrected chi connectivity index (χ4v) is 4.54. The van der Waals surface area contributed by atoms with Crippen molar-refractivity contribution in [1.82, 2.24) is 10.3 Å². The predicted molar refractivity (Wildman–Crippen MR) is 129 cm³/mol. The van der Waals surface area contributed by atoms with Crippen molar-refractivity contribution in [3.05, 3.63) is 57.7 Å². The fraction of sp³-hybridized carbons (Fsp3) is 0.481. The molecule has 0 spiro atoms. The van der Waals surface area contributed by atoms with Gasteiger partial charge in [-0.3, -0.25) is 4.79 Å². The van der Waals surface area contributed by atoms with Crippen LogP contribution in [0.5, 0.6) is 0 Å². The number of carbonyl (C=O) groups excluding carboxylic acids is 2. The van der Waals surface area contributed by atoms with Gasteiger partial charge in [-0.15, -0.1) is 0 Å². The summed E-state index contributed by atoms with van der Waals surface area (Å²) in [4.78, 5) is 24.2. The second-order valence-electron chi connectivity index (χ2n) is 10.7. The van der Waals surface area contributed by atoms with Crippen molar-refractivity contribution >= 4 is 23.4 Å². The molecule has 1 atom stereocenters. The minimum absolute atomic E-state index is 0. The van der Waals surface area contributed by atoms with Crippen LogP contribution in [0.4, 0.5) is 13.2 Å². The molecule has 204 valence electrons. The van der Waals surface area contributed by atoms with E-state index in [1.807, 2.05) is 0 Å². The van der Waals surface area contributed by atoms with E-state index in [0.717, 1.165) is 25.0 Å². The summed E-state index contributed by atoms with van der Waals surface area (Å²) in [5.41, 5.74) is 0.0660. The minimum Gasteiger partial charge on any atom is -0.550 e. The Morgan fingerprint density at radius 3 is 2.44 bits per heavy atom. The number of aliphatic carboxylic acids is 1. The zero-order valence-corrected chi connectivity index (χ0v) is 24.9. The van der Waals surface area contributed by atoms with Gasteiger partial charge in [-0.25, -0.2) is 4.39 Å². The maximum Gasteiger partial charge on any atom is 1.00 e. The summed E-state index contributed by atoms with van der Waals surface area (Å²) < 4.78 is 53.6. The van der Waals surface area contributed by atoms with Crippen LogP contribution in [0, 0.1) is 11.2 Å². The van der Waals surface area contributed by atoms with Crippen molar-refractivity contribution < 1.29 is 66.5 Å². The molecule has 0 bridgehead atoms. The summed E-state index contributed by atoms with van der Waals surface area (Å²) in [5.74, 6) is -6.47. The molecule has 1 aliphatic carbocycles. The Morgan fingerprint density at radius 1 is 1.15 bits per heavy atom. The van der Waals surface area contributed by atoms with Crippen LogP contribution in [-0.2, 0) is 21.9 Å². The van der Waals surface area contributed by atoms with E-state index in [0.29, 0.717) is 16.8 Å². The molecular formula is C27H27ClF3N2NaO5. The Kier molecular flexibility index (Phi) is 9.79. The molecule has 1 aromatic carbocycles. The molecule has 4 rings (SSSR count). The third kappa shape index (κ3) is 7.14. The molecule has 2 heterocycles. The Morgan fingerprint density at radius 2 is 1.85 bits per heavy atom. The van der Waals surface area contributed by atoms with Crippen LogP contribution in [0.3, 0.4) is 0 Å². The van der Waals surface area contributed by atoms with E-state index < -0.39 is 34.8 Å². The van der Waals surface area contributed by atoms with Gasteiger partial charge in [-0.2, -0.15) is 8.78 Å². The van der Waals surface area contributed by atoms with Crippen molar-refractivity contribution in [3.8, 4) is 11.5 Å². The Balaban J connectivity index is 0.00000420. The van der Waals surface area contributed by atoms with Crippen molar-refractivity contribution in [2.24, 2.45) is 5.41 Å². The standard InChI is InChI=1S/C27H28ClF3N2O5.Na/c1-26(2,3)27(30,31)21-13-20(32-37-21)25-23(14-4-5-14)24(33-38-25)16(7-9-22(35)36)11-18(34)10-15-6-8-17(29)12-19(15)28;/h6,8,12-14,16H,4-5,7,9-11H2,1-3H3,(H,35,36);/q;+1/p-1/t16-;/m0./s1. The quantitative estimate of drug-likeness (QED) is 0.324. The number of benzene rings is 1. The summed E-state index contributed by atoms with van der Waals surface area (Å²) in [6, 6.07) is 4.86. The van der Waals surface area contributed by atoms with Gasteiger partial charge in [0.15, 0.2) is 11.5 Å². The summed E-state index contributed by atoms with van der Waals surface area (Å²) in [7, 11) is 0. The van der Waals surface area contributed by atoms with Gasteiger partial charge in [0.25, 0.3) is 0 Å². The third-order valence-corrected chi connectivity index (χ3v) is 7.05. The molecule has 0 unspecified atom stereocenters. The van der Waals surface area contributed by atoms with Crippen molar-refractivity contribution in [1.29, 1.82) is 0 Å². The molecule has 1 aliphatic rings. The van der Waals surface area contributed by atoms with Crippen molar-refractivity contribution in [2.75, 3.05) is 0 Å². The number of Topliss-reactive ketones (excluding diaryl/α,β-unsaturated/α-hetero) is 1. The number of carbonyl (C=O) groups is 2. The Bertz CT molecular complexity index is 1350.